The average Bonchev–Trinajstić information content (AvgIpc) is 3.09. The zero-order chi connectivity index (χ0) is 35.8. The summed E-state index contributed by atoms with van der Waals surface area (Å²) >= 11 is 0. The Morgan fingerprint density at radius 1 is 0.796 bits per heavy atom. The van der Waals surface area contributed by atoms with E-state index >= 15 is 0 Å². The number of carbonyl (C=O) groups excluding carboxylic acids is 5. The number of aliphatic carboxylic acids is 1. The minimum absolute atomic E-state index is 0.0215. The molecule has 0 saturated carbocycles. The number of nitrogens with two attached hydrogens (primary N) is 1. The van der Waals surface area contributed by atoms with Crippen LogP contribution in [0.15, 0.2) is 84.9 Å². The van der Waals surface area contributed by atoms with Gasteiger partial charge in [-0.05, 0) is 47.6 Å². The zero-order valence-corrected chi connectivity index (χ0v) is 27.5. The number of carbonyl (C=O) groups is 6. The lowest BCUT2D eigenvalue weighted by molar-refractivity contribution is -0.155. The van der Waals surface area contributed by atoms with Gasteiger partial charge >= 0.3 is 5.97 Å². The number of nitrogens with one attached hydrogen (secondary N) is 3. The Bertz CT molecular complexity index is 1550. The van der Waals surface area contributed by atoms with Crippen LogP contribution < -0.4 is 26.4 Å². The maximum atomic E-state index is 13.4. The van der Waals surface area contributed by atoms with Crippen molar-refractivity contribution in [2.24, 2.45) is 11.7 Å². The third-order valence-electron chi connectivity index (χ3n) is 7.43. The fraction of sp³-hybridized carbons (Fsp3) is 0.333. The van der Waals surface area contributed by atoms with Crippen LogP contribution in [0.5, 0.6) is 5.75 Å². The molecular formula is C36H43N5O8. The van der Waals surface area contributed by atoms with Gasteiger partial charge in [0.05, 0.1) is 19.1 Å². The normalized spacial score (nSPS) is 12.6. The van der Waals surface area contributed by atoms with Crippen LogP contribution in [-0.2, 0) is 48.2 Å². The minimum Gasteiger partial charge on any atom is -0.489 e. The number of amides is 5. The van der Waals surface area contributed by atoms with Gasteiger partial charge in [0.2, 0.25) is 24.1 Å². The number of ether oxygens (including phenoxy) is 1. The second-order valence-electron chi connectivity index (χ2n) is 11.9. The molecule has 0 spiro atoms. The van der Waals surface area contributed by atoms with E-state index in [-0.39, 0.29) is 31.6 Å². The van der Waals surface area contributed by atoms with Gasteiger partial charge < -0.3 is 31.5 Å². The predicted molar refractivity (Wildman–Crippen MR) is 181 cm³/mol. The summed E-state index contributed by atoms with van der Waals surface area (Å²) in [5, 5.41) is 17.0. The van der Waals surface area contributed by atoms with E-state index in [9.17, 15) is 33.9 Å². The standard InChI is InChI=1S/C36H43N5O8/c1-24(2)17-31(36(47)48)41(23-42)35(46)30(19-25-9-5-3-6-10-25)40-33(44)21-38-32(43)20-39-34(45)29(37)18-26-13-15-28(16-14-26)49-22-27-11-7-4-8-12-27/h3-16,23-24,29-31H,17-22,37H2,1-2H3,(H,38,43)(H,39,45)(H,40,44)(H,47,48). The molecular weight excluding hydrogens is 630 g/mol. The summed E-state index contributed by atoms with van der Waals surface area (Å²) in [5.41, 5.74) is 8.52. The average molecular weight is 674 g/mol. The second kappa shape index (κ2) is 19.3. The molecule has 0 fully saturated rings. The van der Waals surface area contributed by atoms with Gasteiger partial charge in [-0.15, -0.1) is 0 Å². The summed E-state index contributed by atoms with van der Waals surface area (Å²) < 4.78 is 5.77. The molecule has 0 bridgehead atoms. The maximum Gasteiger partial charge on any atom is 0.326 e. The summed E-state index contributed by atoms with van der Waals surface area (Å²) in [6, 6.07) is 21.9. The number of carboxylic acid groups (broad SMARTS) is 1. The van der Waals surface area contributed by atoms with Gasteiger partial charge in [-0.1, -0.05) is 86.6 Å². The molecule has 0 aliphatic carbocycles. The first-order valence-corrected chi connectivity index (χ1v) is 15.9. The van der Waals surface area contributed by atoms with Gasteiger partial charge in [-0.3, -0.25) is 28.9 Å². The summed E-state index contributed by atoms with van der Waals surface area (Å²) in [4.78, 5) is 75.6. The predicted octanol–water partition coefficient (Wildman–Crippen LogP) is 1.58. The Labute approximate surface area is 285 Å². The number of rotatable bonds is 19. The van der Waals surface area contributed by atoms with Crippen molar-refractivity contribution in [3.63, 3.8) is 0 Å². The molecule has 0 aliphatic heterocycles. The molecule has 5 amide bonds. The van der Waals surface area contributed by atoms with Gasteiger partial charge in [0.1, 0.15) is 24.4 Å². The molecule has 6 N–H and O–H groups in total. The van der Waals surface area contributed by atoms with Crippen LogP contribution in [0, 0.1) is 5.92 Å². The lowest BCUT2D eigenvalue weighted by Gasteiger charge is -2.29. The van der Waals surface area contributed by atoms with Crippen molar-refractivity contribution in [2.45, 2.75) is 57.8 Å². The van der Waals surface area contributed by atoms with Crippen molar-refractivity contribution in [1.29, 1.82) is 0 Å². The lowest BCUT2D eigenvalue weighted by atomic mass is 10.00. The van der Waals surface area contributed by atoms with Crippen molar-refractivity contribution in [2.75, 3.05) is 13.1 Å². The van der Waals surface area contributed by atoms with E-state index in [0.29, 0.717) is 22.8 Å². The number of benzene rings is 3. The van der Waals surface area contributed by atoms with Gasteiger partial charge in [0.15, 0.2) is 0 Å². The molecule has 0 saturated heterocycles. The van der Waals surface area contributed by atoms with E-state index < -0.39 is 60.8 Å². The Morgan fingerprint density at radius 2 is 1.37 bits per heavy atom. The maximum absolute atomic E-state index is 13.4. The molecule has 13 heteroatoms. The summed E-state index contributed by atoms with van der Waals surface area (Å²) in [7, 11) is 0. The van der Waals surface area contributed by atoms with Crippen LogP contribution in [0.1, 0.15) is 37.0 Å². The van der Waals surface area contributed by atoms with E-state index in [4.69, 9.17) is 10.5 Å². The van der Waals surface area contributed by atoms with Crippen LogP contribution in [0.4, 0.5) is 0 Å². The Kier molecular flexibility index (Phi) is 14.9. The van der Waals surface area contributed by atoms with Crippen LogP contribution >= 0.6 is 0 Å². The van der Waals surface area contributed by atoms with Gasteiger partial charge in [-0.25, -0.2) is 4.79 Å². The van der Waals surface area contributed by atoms with Crippen LogP contribution in [0.2, 0.25) is 0 Å². The highest BCUT2D eigenvalue weighted by molar-refractivity contribution is 5.97. The first kappa shape index (κ1) is 37.9. The molecule has 49 heavy (non-hydrogen) atoms. The monoisotopic (exact) mass is 673 g/mol. The third kappa shape index (κ3) is 12.9. The van der Waals surface area contributed by atoms with Gasteiger partial charge in [0, 0.05) is 6.42 Å². The minimum atomic E-state index is -1.42. The van der Waals surface area contributed by atoms with E-state index in [1.807, 2.05) is 30.3 Å². The number of imide groups is 1. The number of nitrogens with zero attached hydrogens (tertiary/aromatic N) is 1. The van der Waals surface area contributed by atoms with Crippen molar-refractivity contribution in [1.82, 2.24) is 20.9 Å². The van der Waals surface area contributed by atoms with Gasteiger partial charge in [0.25, 0.3) is 5.91 Å². The fourth-order valence-corrected chi connectivity index (χ4v) is 4.88. The Morgan fingerprint density at radius 3 is 1.94 bits per heavy atom. The van der Waals surface area contributed by atoms with E-state index in [0.717, 1.165) is 11.1 Å². The topological polar surface area (TPSA) is 197 Å². The van der Waals surface area contributed by atoms with Crippen molar-refractivity contribution < 1.29 is 38.6 Å². The molecule has 3 unspecified atom stereocenters. The largest absolute Gasteiger partial charge is 0.489 e. The first-order chi connectivity index (χ1) is 23.5. The molecule has 0 radical (unpaired) electrons. The number of hydrogen-bond donors (Lipinski definition) is 5. The highest BCUT2D eigenvalue weighted by atomic mass is 16.5. The van der Waals surface area contributed by atoms with Crippen LogP contribution in [0.3, 0.4) is 0 Å². The second-order valence-corrected chi connectivity index (χ2v) is 11.9. The Hall–Kier alpha value is -5.56. The van der Waals surface area contributed by atoms with Crippen molar-refractivity contribution in [3.8, 4) is 5.75 Å². The van der Waals surface area contributed by atoms with Gasteiger partial charge in [-0.2, -0.15) is 0 Å². The SMILES string of the molecule is CC(C)CC(C(=O)O)N(C=O)C(=O)C(Cc1ccccc1)NC(=O)CNC(=O)CNC(=O)C(N)Cc1ccc(OCc2ccccc2)cc1. The molecule has 0 aliphatic rings. The zero-order valence-electron chi connectivity index (χ0n) is 27.5. The summed E-state index contributed by atoms with van der Waals surface area (Å²) in [5.74, 6) is -3.74. The van der Waals surface area contributed by atoms with Crippen LogP contribution in [0.25, 0.3) is 0 Å². The quantitative estimate of drug-likeness (QED) is 0.117. The molecule has 0 aromatic heterocycles. The lowest BCUT2D eigenvalue weighted by Crippen LogP contribution is -2.55. The number of carboxylic acids is 1. The van der Waals surface area contributed by atoms with Crippen LogP contribution in [-0.4, -0.2) is 77.2 Å². The number of hydrogen-bond acceptors (Lipinski definition) is 8. The molecule has 0 heterocycles. The molecule has 260 valence electrons. The van der Waals surface area contributed by atoms with E-state index in [1.165, 1.54) is 0 Å². The molecule has 13 nitrogen and oxygen atoms in total. The third-order valence-corrected chi connectivity index (χ3v) is 7.43. The molecule has 3 aromatic carbocycles. The van der Waals surface area contributed by atoms with Crippen molar-refractivity contribution in [3.05, 3.63) is 102 Å². The smallest absolute Gasteiger partial charge is 0.326 e. The molecule has 3 aromatic rings. The Balaban J connectivity index is 1.49. The molecule has 3 atom stereocenters. The van der Waals surface area contributed by atoms with E-state index in [2.05, 4.69) is 16.0 Å². The summed E-state index contributed by atoms with van der Waals surface area (Å²) in [6.45, 7) is 2.94. The highest BCUT2D eigenvalue weighted by Gasteiger charge is 2.35. The highest BCUT2D eigenvalue weighted by Crippen LogP contribution is 2.16. The summed E-state index contributed by atoms with van der Waals surface area (Å²) in [6.07, 6.45) is 0.353. The van der Waals surface area contributed by atoms with Crippen molar-refractivity contribution >= 4 is 36.0 Å². The molecule has 3 rings (SSSR count). The fourth-order valence-electron chi connectivity index (χ4n) is 4.88. The first-order valence-electron chi connectivity index (χ1n) is 15.9. The van der Waals surface area contributed by atoms with E-state index in [1.54, 1.807) is 68.4 Å².